The molecule has 2 aromatic carbocycles. The summed E-state index contributed by atoms with van der Waals surface area (Å²) in [5.74, 6) is -0.490. The lowest BCUT2D eigenvalue weighted by Crippen LogP contribution is -2.13. The van der Waals surface area contributed by atoms with Crippen molar-refractivity contribution < 1.29 is 4.79 Å². The molecule has 2 rings (SSSR count). The molecule has 0 heterocycles. The zero-order valence-electron chi connectivity index (χ0n) is 8.60. The molecule has 16 heavy (non-hydrogen) atoms. The van der Waals surface area contributed by atoms with Gasteiger partial charge in [0.25, 0.3) is 0 Å². The fourth-order valence-corrected chi connectivity index (χ4v) is 1.84. The standard InChI is InChI=1S/C13H10N2O/c14-8-7-11-10-4-2-1-3-9(10)5-6-12(11)13(15)16/h1-6H,7H2,(H2,15,16). The van der Waals surface area contributed by atoms with Crippen LogP contribution in [0.5, 0.6) is 0 Å². The first-order chi connectivity index (χ1) is 7.74. The first-order valence-electron chi connectivity index (χ1n) is 4.91. The monoisotopic (exact) mass is 210 g/mol. The Kier molecular flexibility index (Phi) is 2.57. The third kappa shape index (κ3) is 1.61. The van der Waals surface area contributed by atoms with Crippen molar-refractivity contribution in [2.24, 2.45) is 5.73 Å². The van der Waals surface area contributed by atoms with Gasteiger partial charge in [-0.1, -0.05) is 30.3 Å². The van der Waals surface area contributed by atoms with E-state index in [1.807, 2.05) is 30.3 Å². The van der Waals surface area contributed by atoms with E-state index in [4.69, 9.17) is 11.0 Å². The summed E-state index contributed by atoms with van der Waals surface area (Å²) in [7, 11) is 0. The number of benzene rings is 2. The molecule has 3 nitrogen and oxygen atoms in total. The predicted octanol–water partition coefficient (Wildman–Crippen LogP) is 2.00. The molecule has 2 aromatic rings. The van der Waals surface area contributed by atoms with Gasteiger partial charge in [-0.25, -0.2) is 0 Å². The lowest BCUT2D eigenvalue weighted by atomic mass is 9.97. The Morgan fingerprint density at radius 1 is 1.25 bits per heavy atom. The van der Waals surface area contributed by atoms with Gasteiger partial charge in [0.05, 0.1) is 12.5 Å². The fraction of sp³-hybridized carbons (Fsp3) is 0.0769. The van der Waals surface area contributed by atoms with Crippen molar-refractivity contribution in [2.45, 2.75) is 6.42 Å². The van der Waals surface area contributed by atoms with Crippen LogP contribution in [0.2, 0.25) is 0 Å². The highest BCUT2D eigenvalue weighted by atomic mass is 16.1. The van der Waals surface area contributed by atoms with E-state index in [1.165, 1.54) is 0 Å². The third-order valence-electron chi connectivity index (χ3n) is 2.56. The molecule has 0 saturated carbocycles. The smallest absolute Gasteiger partial charge is 0.249 e. The Morgan fingerprint density at radius 2 is 2.00 bits per heavy atom. The quantitative estimate of drug-likeness (QED) is 0.823. The second-order valence-electron chi connectivity index (χ2n) is 3.51. The molecule has 0 bridgehead atoms. The van der Waals surface area contributed by atoms with Gasteiger partial charge in [0.15, 0.2) is 0 Å². The van der Waals surface area contributed by atoms with Crippen LogP contribution in [0.15, 0.2) is 36.4 Å². The molecule has 3 heteroatoms. The third-order valence-corrected chi connectivity index (χ3v) is 2.56. The van der Waals surface area contributed by atoms with Crippen LogP contribution >= 0.6 is 0 Å². The lowest BCUT2D eigenvalue weighted by Gasteiger charge is -2.07. The molecule has 0 aliphatic heterocycles. The summed E-state index contributed by atoms with van der Waals surface area (Å²) >= 11 is 0. The summed E-state index contributed by atoms with van der Waals surface area (Å²) in [6, 6.07) is 13.2. The van der Waals surface area contributed by atoms with Crippen LogP contribution in [-0.2, 0) is 6.42 Å². The zero-order valence-corrected chi connectivity index (χ0v) is 8.60. The second kappa shape index (κ2) is 4.03. The number of carbonyl (C=O) groups is 1. The number of fused-ring (bicyclic) bond motifs is 1. The maximum atomic E-state index is 11.3. The number of nitriles is 1. The minimum Gasteiger partial charge on any atom is -0.366 e. The number of carbonyl (C=O) groups excluding carboxylic acids is 1. The van der Waals surface area contributed by atoms with Crippen molar-refractivity contribution in [1.29, 1.82) is 5.26 Å². The van der Waals surface area contributed by atoms with Crippen molar-refractivity contribution in [3.8, 4) is 6.07 Å². The molecule has 0 aromatic heterocycles. The average molecular weight is 210 g/mol. The Balaban J connectivity index is 2.79. The van der Waals surface area contributed by atoms with E-state index in [9.17, 15) is 4.79 Å². The normalized spacial score (nSPS) is 9.94. The van der Waals surface area contributed by atoms with Gasteiger partial charge in [-0.2, -0.15) is 5.26 Å². The predicted molar refractivity (Wildman–Crippen MR) is 61.8 cm³/mol. The highest BCUT2D eigenvalue weighted by Gasteiger charge is 2.10. The second-order valence-corrected chi connectivity index (χ2v) is 3.51. The summed E-state index contributed by atoms with van der Waals surface area (Å²) in [6.45, 7) is 0. The highest BCUT2D eigenvalue weighted by Crippen LogP contribution is 2.22. The number of hydrogen-bond donors (Lipinski definition) is 1. The summed E-state index contributed by atoms with van der Waals surface area (Å²) in [5, 5.41) is 10.7. The van der Waals surface area contributed by atoms with E-state index >= 15 is 0 Å². The van der Waals surface area contributed by atoms with Gasteiger partial charge in [-0.3, -0.25) is 4.79 Å². The Bertz CT molecular complexity index is 596. The highest BCUT2D eigenvalue weighted by molar-refractivity contribution is 6.00. The van der Waals surface area contributed by atoms with E-state index in [0.29, 0.717) is 11.1 Å². The maximum absolute atomic E-state index is 11.3. The van der Waals surface area contributed by atoms with E-state index in [-0.39, 0.29) is 6.42 Å². The van der Waals surface area contributed by atoms with Crippen LogP contribution < -0.4 is 5.73 Å². The molecule has 0 unspecified atom stereocenters. The first-order valence-corrected chi connectivity index (χ1v) is 4.91. The minimum absolute atomic E-state index is 0.194. The summed E-state index contributed by atoms with van der Waals surface area (Å²) in [4.78, 5) is 11.3. The average Bonchev–Trinajstić information content (AvgIpc) is 2.29. The number of rotatable bonds is 2. The van der Waals surface area contributed by atoms with E-state index in [2.05, 4.69) is 6.07 Å². The van der Waals surface area contributed by atoms with Crippen LogP contribution in [0.3, 0.4) is 0 Å². The molecule has 1 amide bonds. The fourth-order valence-electron chi connectivity index (χ4n) is 1.84. The van der Waals surface area contributed by atoms with Gasteiger partial charge >= 0.3 is 0 Å². The minimum atomic E-state index is -0.490. The summed E-state index contributed by atoms with van der Waals surface area (Å²) in [6.07, 6.45) is 0.194. The topological polar surface area (TPSA) is 66.9 Å². The molecule has 0 atom stereocenters. The Morgan fingerprint density at radius 3 is 2.69 bits per heavy atom. The van der Waals surface area contributed by atoms with Crippen LogP contribution in [0.1, 0.15) is 15.9 Å². The maximum Gasteiger partial charge on any atom is 0.249 e. The summed E-state index contributed by atoms with van der Waals surface area (Å²) in [5.41, 5.74) is 6.43. The number of nitrogens with two attached hydrogens (primary N) is 1. The van der Waals surface area contributed by atoms with Gasteiger partial charge in [0.1, 0.15) is 0 Å². The molecule has 0 saturated heterocycles. The molecular formula is C13H10N2O. The first kappa shape index (κ1) is 10.2. The molecular weight excluding hydrogens is 200 g/mol. The Labute approximate surface area is 93.1 Å². The zero-order chi connectivity index (χ0) is 11.5. The van der Waals surface area contributed by atoms with Gasteiger partial charge in [-0.15, -0.1) is 0 Å². The number of hydrogen-bond acceptors (Lipinski definition) is 2. The summed E-state index contributed by atoms with van der Waals surface area (Å²) < 4.78 is 0. The molecule has 2 N–H and O–H groups in total. The van der Waals surface area contributed by atoms with Gasteiger partial charge in [0, 0.05) is 5.56 Å². The van der Waals surface area contributed by atoms with E-state index in [1.54, 1.807) is 6.07 Å². The lowest BCUT2D eigenvalue weighted by molar-refractivity contribution is 0.0999. The molecule has 0 aliphatic carbocycles. The number of primary amides is 1. The van der Waals surface area contributed by atoms with Gasteiger partial charge < -0.3 is 5.73 Å². The largest absolute Gasteiger partial charge is 0.366 e. The number of amides is 1. The SMILES string of the molecule is N#CCc1c(C(N)=O)ccc2ccccc12. The number of nitrogens with zero attached hydrogens (tertiary/aromatic N) is 1. The van der Waals surface area contributed by atoms with Crippen molar-refractivity contribution >= 4 is 16.7 Å². The van der Waals surface area contributed by atoms with Crippen molar-refractivity contribution in [3.05, 3.63) is 47.5 Å². The van der Waals surface area contributed by atoms with Crippen LogP contribution in [0.25, 0.3) is 10.8 Å². The van der Waals surface area contributed by atoms with Crippen molar-refractivity contribution in [2.75, 3.05) is 0 Å². The molecule has 78 valence electrons. The van der Waals surface area contributed by atoms with Crippen molar-refractivity contribution in [3.63, 3.8) is 0 Å². The molecule has 0 radical (unpaired) electrons. The molecule has 0 spiro atoms. The van der Waals surface area contributed by atoms with Gasteiger partial charge in [0.2, 0.25) is 5.91 Å². The van der Waals surface area contributed by atoms with Crippen LogP contribution in [0, 0.1) is 11.3 Å². The van der Waals surface area contributed by atoms with E-state index < -0.39 is 5.91 Å². The van der Waals surface area contributed by atoms with Gasteiger partial charge in [-0.05, 0) is 22.4 Å². The van der Waals surface area contributed by atoms with E-state index in [0.717, 1.165) is 10.8 Å². The van der Waals surface area contributed by atoms with Crippen LogP contribution in [0.4, 0.5) is 0 Å². The van der Waals surface area contributed by atoms with Crippen molar-refractivity contribution in [1.82, 2.24) is 0 Å². The molecule has 0 fully saturated rings. The van der Waals surface area contributed by atoms with Crippen LogP contribution in [-0.4, -0.2) is 5.91 Å². The molecule has 0 aliphatic rings. The Hall–Kier alpha value is -2.34.